The van der Waals surface area contributed by atoms with Crippen molar-refractivity contribution in [2.75, 3.05) is 25.4 Å². The van der Waals surface area contributed by atoms with Gasteiger partial charge in [0.15, 0.2) is 0 Å². The third-order valence-corrected chi connectivity index (χ3v) is 5.52. The summed E-state index contributed by atoms with van der Waals surface area (Å²) in [6.45, 7) is 3.23. The summed E-state index contributed by atoms with van der Waals surface area (Å²) in [7, 11) is -3.25. The van der Waals surface area contributed by atoms with Crippen LogP contribution in [-0.2, 0) is 14.8 Å². The summed E-state index contributed by atoms with van der Waals surface area (Å²) in [4.78, 5) is 12.1. The van der Waals surface area contributed by atoms with Crippen LogP contribution in [0.1, 0.15) is 32.2 Å². The van der Waals surface area contributed by atoms with E-state index in [1.807, 2.05) is 6.92 Å². The number of aromatic nitrogens is 2. The first-order chi connectivity index (χ1) is 10.0. The molecular formula is C13H22N4O3S. The third kappa shape index (κ3) is 4.04. The van der Waals surface area contributed by atoms with Crippen molar-refractivity contribution < 1.29 is 13.2 Å². The standard InChI is InChI=1S/C13H22N4O3S/c1-2-12(17-10-5-6-15-17)13(18)14-7-11-21(19,20)16-8-3-4-9-16/h5-6,10,12H,2-4,7-9,11H2,1H3,(H,14,18). The molecule has 1 aromatic heterocycles. The van der Waals surface area contributed by atoms with Crippen LogP contribution in [0.3, 0.4) is 0 Å². The Kier molecular flexibility index (Phi) is 5.35. The Morgan fingerprint density at radius 2 is 2.10 bits per heavy atom. The van der Waals surface area contributed by atoms with E-state index in [2.05, 4.69) is 10.4 Å². The normalized spacial score (nSPS) is 17.8. The highest BCUT2D eigenvalue weighted by molar-refractivity contribution is 7.89. The quantitative estimate of drug-likeness (QED) is 0.788. The number of rotatable bonds is 7. The van der Waals surface area contributed by atoms with Crippen molar-refractivity contribution in [3.05, 3.63) is 18.5 Å². The minimum atomic E-state index is -3.25. The molecule has 7 nitrogen and oxygen atoms in total. The lowest BCUT2D eigenvalue weighted by atomic mass is 10.2. The van der Waals surface area contributed by atoms with E-state index in [1.165, 1.54) is 4.31 Å². The highest BCUT2D eigenvalue weighted by Crippen LogP contribution is 2.13. The van der Waals surface area contributed by atoms with Crippen LogP contribution in [0, 0.1) is 0 Å². The summed E-state index contributed by atoms with van der Waals surface area (Å²) >= 11 is 0. The number of sulfonamides is 1. The highest BCUT2D eigenvalue weighted by atomic mass is 32.2. The van der Waals surface area contributed by atoms with Gasteiger partial charge in [0, 0.05) is 32.0 Å². The van der Waals surface area contributed by atoms with Crippen molar-refractivity contribution in [2.24, 2.45) is 0 Å². The van der Waals surface area contributed by atoms with Crippen LogP contribution in [0.5, 0.6) is 0 Å². The van der Waals surface area contributed by atoms with Crippen LogP contribution in [0.4, 0.5) is 0 Å². The molecule has 1 N–H and O–H groups in total. The zero-order chi connectivity index (χ0) is 15.3. The Labute approximate surface area is 125 Å². The van der Waals surface area contributed by atoms with Crippen molar-refractivity contribution in [2.45, 2.75) is 32.2 Å². The van der Waals surface area contributed by atoms with Gasteiger partial charge in [0.2, 0.25) is 15.9 Å². The van der Waals surface area contributed by atoms with Gasteiger partial charge in [-0.2, -0.15) is 5.10 Å². The van der Waals surface area contributed by atoms with Crippen LogP contribution < -0.4 is 5.32 Å². The van der Waals surface area contributed by atoms with Gasteiger partial charge in [0.25, 0.3) is 0 Å². The molecule has 0 radical (unpaired) electrons. The molecule has 0 saturated carbocycles. The molecule has 1 saturated heterocycles. The van der Waals surface area contributed by atoms with Crippen molar-refractivity contribution in [1.82, 2.24) is 19.4 Å². The number of nitrogens with one attached hydrogen (secondary N) is 1. The molecule has 2 rings (SSSR count). The first kappa shape index (κ1) is 16.0. The van der Waals surface area contributed by atoms with Gasteiger partial charge < -0.3 is 5.32 Å². The van der Waals surface area contributed by atoms with Crippen molar-refractivity contribution in [3.63, 3.8) is 0 Å². The van der Waals surface area contributed by atoms with E-state index in [9.17, 15) is 13.2 Å². The molecule has 1 aliphatic heterocycles. The molecule has 21 heavy (non-hydrogen) atoms. The van der Waals surface area contributed by atoms with Crippen LogP contribution in [0.15, 0.2) is 18.5 Å². The molecule has 1 unspecified atom stereocenters. The van der Waals surface area contributed by atoms with E-state index < -0.39 is 16.1 Å². The van der Waals surface area contributed by atoms with Crippen LogP contribution in [-0.4, -0.2) is 53.8 Å². The summed E-state index contributed by atoms with van der Waals surface area (Å²) in [6.07, 6.45) is 5.79. The highest BCUT2D eigenvalue weighted by Gasteiger charge is 2.25. The lowest BCUT2D eigenvalue weighted by molar-refractivity contribution is -0.124. The zero-order valence-corrected chi connectivity index (χ0v) is 13.1. The molecule has 1 aromatic rings. The van der Waals surface area contributed by atoms with Crippen LogP contribution in [0.25, 0.3) is 0 Å². The number of hydrogen-bond donors (Lipinski definition) is 1. The Balaban J connectivity index is 1.83. The molecular weight excluding hydrogens is 292 g/mol. The Morgan fingerprint density at radius 3 is 2.67 bits per heavy atom. The van der Waals surface area contributed by atoms with E-state index in [0.717, 1.165) is 12.8 Å². The maximum atomic E-state index is 12.1. The predicted octanol–water partition coefficient (Wildman–Crippen LogP) is 0.376. The maximum absolute atomic E-state index is 12.1. The lowest BCUT2D eigenvalue weighted by Crippen LogP contribution is -2.38. The second-order valence-electron chi connectivity index (χ2n) is 5.12. The average molecular weight is 314 g/mol. The molecule has 0 spiro atoms. The van der Waals surface area contributed by atoms with Crippen LogP contribution >= 0.6 is 0 Å². The predicted molar refractivity (Wildman–Crippen MR) is 79.2 cm³/mol. The van der Waals surface area contributed by atoms with Crippen molar-refractivity contribution in [1.29, 1.82) is 0 Å². The number of carbonyl (C=O) groups excluding carboxylic acids is 1. The Morgan fingerprint density at radius 1 is 1.38 bits per heavy atom. The fourth-order valence-corrected chi connectivity index (χ4v) is 3.91. The van der Waals surface area contributed by atoms with E-state index >= 15 is 0 Å². The summed E-state index contributed by atoms with van der Waals surface area (Å²) < 4.78 is 27.2. The van der Waals surface area contributed by atoms with Crippen LogP contribution in [0.2, 0.25) is 0 Å². The molecule has 1 aliphatic rings. The summed E-state index contributed by atoms with van der Waals surface area (Å²) in [5.41, 5.74) is 0. The van der Waals surface area contributed by atoms with Gasteiger partial charge in [0.1, 0.15) is 6.04 Å². The van der Waals surface area contributed by atoms with Gasteiger partial charge in [-0.15, -0.1) is 0 Å². The lowest BCUT2D eigenvalue weighted by Gasteiger charge is -2.18. The maximum Gasteiger partial charge on any atom is 0.244 e. The first-order valence-corrected chi connectivity index (χ1v) is 8.90. The molecule has 1 fully saturated rings. The molecule has 0 bridgehead atoms. The summed E-state index contributed by atoms with van der Waals surface area (Å²) in [5, 5.41) is 6.75. The van der Waals surface area contributed by atoms with E-state index in [1.54, 1.807) is 23.1 Å². The fourth-order valence-electron chi connectivity index (χ4n) is 2.47. The van der Waals surface area contributed by atoms with Crippen molar-refractivity contribution >= 4 is 15.9 Å². The second-order valence-corrected chi connectivity index (χ2v) is 7.21. The Bertz CT molecular complexity index is 550. The molecule has 1 atom stereocenters. The summed E-state index contributed by atoms with van der Waals surface area (Å²) in [6, 6.07) is 1.36. The fraction of sp³-hybridized carbons (Fsp3) is 0.692. The molecule has 2 heterocycles. The monoisotopic (exact) mass is 314 g/mol. The number of carbonyl (C=O) groups is 1. The SMILES string of the molecule is CCC(C(=O)NCCS(=O)(=O)N1CCCC1)n1cccn1. The minimum Gasteiger partial charge on any atom is -0.353 e. The van der Waals surface area contributed by atoms with Gasteiger partial charge in [-0.3, -0.25) is 9.48 Å². The van der Waals surface area contributed by atoms with Gasteiger partial charge in [-0.1, -0.05) is 6.92 Å². The minimum absolute atomic E-state index is 0.0473. The molecule has 0 aliphatic carbocycles. The molecule has 0 aromatic carbocycles. The van der Waals surface area contributed by atoms with Gasteiger partial charge in [0.05, 0.1) is 5.75 Å². The summed E-state index contributed by atoms with van der Waals surface area (Å²) in [5.74, 6) is -0.244. The average Bonchev–Trinajstić information content (AvgIpc) is 3.13. The first-order valence-electron chi connectivity index (χ1n) is 7.29. The van der Waals surface area contributed by atoms with E-state index in [-0.39, 0.29) is 18.2 Å². The molecule has 118 valence electrons. The number of nitrogens with zero attached hydrogens (tertiary/aromatic N) is 3. The molecule has 1 amide bonds. The van der Waals surface area contributed by atoms with E-state index in [4.69, 9.17) is 0 Å². The number of hydrogen-bond acceptors (Lipinski definition) is 4. The van der Waals surface area contributed by atoms with Gasteiger partial charge >= 0.3 is 0 Å². The largest absolute Gasteiger partial charge is 0.353 e. The zero-order valence-electron chi connectivity index (χ0n) is 12.2. The number of amides is 1. The second kappa shape index (κ2) is 7.04. The van der Waals surface area contributed by atoms with Crippen molar-refractivity contribution in [3.8, 4) is 0 Å². The third-order valence-electron chi connectivity index (χ3n) is 3.65. The van der Waals surface area contributed by atoms with E-state index in [0.29, 0.717) is 19.5 Å². The smallest absolute Gasteiger partial charge is 0.244 e. The van der Waals surface area contributed by atoms with Gasteiger partial charge in [-0.25, -0.2) is 12.7 Å². The van der Waals surface area contributed by atoms with Gasteiger partial charge in [-0.05, 0) is 25.3 Å². The molecule has 8 heteroatoms. The topological polar surface area (TPSA) is 84.3 Å². The Hall–Kier alpha value is -1.41.